The van der Waals surface area contributed by atoms with Crippen molar-refractivity contribution in [3.8, 4) is 0 Å². The van der Waals surface area contributed by atoms with Crippen LogP contribution in [0.5, 0.6) is 0 Å². The Balaban J connectivity index is 4.30. The fraction of sp³-hybridized carbons (Fsp3) is 0.500. The summed E-state index contributed by atoms with van der Waals surface area (Å²) in [6.07, 6.45) is 6.30. The van der Waals surface area contributed by atoms with Crippen molar-refractivity contribution < 1.29 is 9.53 Å². The van der Waals surface area contributed by atoms with Crippen LogP contribution in [0.15, 0.2) is 23.8 Å². The van der Waals surface area contributed by atoms with Crippen LogP contribution < -0.4 is 0 Å². The van der Waals surface area contributed by atoms with Crippen molar-refractivity contribution in [2.45, 2.75) is 27.2 Å². The first-order valence-electron chi connectivity index (χ1n) is 4.26. The maximum atomic E-state index is 11.2. The zero-order valence-corrected chi connectivity index (χ0v) is 7.96. The first-order chi connectivity index (χ1) is 5.76. The van der Waals surface area contributed by atoms with Gasteiger partial charge in [0.1, 0.15) is 0 Å². The summed E-state index contributed by atoms with van der Waals surface area (Å²) in [5, 5.41) is 0. The summed E-state index contributed by atoms with van der Waals surface area (Å²) in [6.45, 7) is 6.10. The van der Waals surface area contributed by atoms with Crippen molar-refractivity contribution in [1.82, 2.24) is 0 Å². The van der Waals surface area contributed by atoms with Crippen LogP contribution >= 0.6 is 0 Å². The van der Waals surface area contributed by atoms with Gasteiger partial charge in [-0.1, -0.05) is 25.2 Å². The highest BCUT2D eigenvalue weighted by Crippen LogP contribution is 2.02. The molecule has 0 unspecified atom stereocenters. The van der Waals surface area contributed by atoms with E-state index in [1.807, 2.05) is 26.0 Å². The number of hydrogen-bond acceptors (Lipinski definition) is 2. The van der Waals surface area contributed by atoms with E-state index in [0.717, 1.165) is 6.42 Å². The fourth-order valence-electron chi connectivity index (χ4n) is 0.833. The van der Waals surface area contributed by atoms with Crippen molar-refractivity contribution in [3.05, 3.63) is 23.8 Å². The number of ether oxygens (including phenoxy) is 1. The molecule has 0 amide bonds. The average molecular weight is 168 g/mol. The maximum absolute atomic E-state index is 11.2. The van der Waals surface area contributed by atoms with Gasteiger partial charge in [0.05, 0.1) is 12.2 Å². The monoisotopic (exact) mass is 168 g/mol. The van der Waals surface area contributed by atoms with Gasteiger partial charge in [0.25, 0.3) is 0 Å². The number of allylic oxidation sites excluding steroid dienone is 2. The second-order valence-corrected chi connectivity index (χ2v) is 2.29. The second kappa shape index (κ2) is 6.65. The van der Waals surface area contributed by atoms with Gasteiger partial charge in [0, 0.05) is 0 Å². The van der Waals surface area contributed by atoms with Crippen molar-refractivity contribution in [3.63, 3.8) is 0 Å². The second-order valence-electron chi connectivity index (χ2n) is 2.29. The molecule has 2 heteroatoms. The van der Waals surface area contributed by atoms with Crippen molar-refractivity contribution >= 4 is 5.97 Å². The molecule has 0 rings (SSSR count). The molecule has 0 fully saturated rings. The van der Waals surface area contributed by atoms with Crippen molar-refractivity contribution in [1.29, 1.82) is 0 Å². The van der Waals surface area contributed by atoms with Crippen LogP contribution in [0.2, 0.25) is 0 Å². The Bertz CT molecular complexity index is 190. The minimum Gasteiger partial charge on any atom is -0.462 e. The van der Waals surface area contributed by atoms with Gasteiger partial charge in [0.15, 0.2) is 0 Å². The van der Waals surface area contributed by atoms with E-state index in [0.29, 0.717) is 12.2 Å². The van der Waals surface area contributed by atoms with Crippen molar-refractivity contribution in [2.75, 3.05) is 6.61 Å². The first-order valence-corrected chi connectivity index (χ1v) is 4.26. The van der Waals surface area contributed by atoms with Gasteiger partial charge in [-0.15, -0.1) is 0 Å². The lowest BCUT2D eigenvalue weighted by Crippen LogP contribution is -2.05. The SMILES string of the molecule is C/C=C/C(=C/CC)C(=O)OCC. The molecule has 0 heterocycles. The topological polar surface area (TPSA) is 26.3 Å². The summed E-state index contributed by atoms with van der Waals surface area (Å²) in [5.74, 6) is -0.238. The first kappa shape index (κ1) is 11.0. The number of hydrogen-bond donors (Lipinski definition) is 0. The summed E-state index contributed by atoms with van der Waals surface area (Å²) in [6, 6.07) is 0. The average Bonchev–Trinajstić information content (AvgIpc) is 2.04. The molecule has 0 aliphatic heterocycles. The lowest BCUT2D eigenvalue weighted by atomic mass is 10.2. The zero-order chi connectivity index (χ0) is 9.40. The number of carbonyl (C=O) groups is 1. The molecule has 0 atom stereocenters. The van der Waals surface area contributed by atoms with E-state index in [-0.39, 0.29) is 5.97 Å². The van der Waals surface area contributed by atoms with Crippen LogP contribution in [0.1, 0.15) is 27.2 Å². The Morgan fingerprint density at radius 1 is 1.42 bits per heavy atom. The highest BCUT2D eigenvalue weighted by Gasteiger charge is 2.04. The summed E-state index contributed by atoms with van der Waals surface area (Å²) in [5.41, 5.74) is 0.641. The Morgan fingerprint density at radius 3 is 2.50 bits per heavy atom. The Labute approximate surface area is 73.9 Å². The minimum absolute atomic E-state index is 0.238. The molecule has 0 aromatic heterocycles. The largest absolute Gasteiger partial charge is 0.462 e. The Hall–Kier alpha value is -1.05. The maximum Gasteiger partial charge on any atom is 0.337 e. The number of rotatable bonds is 4. The molecule has 0 radical (unpaired) electrons. The van der Waals surface area contributed by atoms with Gasteiger partial charge in [0.2, 0.25) is 0 Å². The normalized spacial score (nSPS) is 12.1. The zero-order valence-electron chi connectivity index (χ0n) is 7.96. The Morgan fingerprint density at radius 2 is 2.08 bits per heavy atom. The van der Waals surface area contributed by atoms with Crippen LogP contribution in [-0.4, -0.2) is 12.6 Å². The molecule has 0 aliphatic carbocycles. The van der Waals surface area contributed by atoms with E-state index in [4.69, 9.17) is 4.74 Å². The van der Waals surface area contributed by atoms with Crippen LogP contribution in [-0.2, 0) is 9.53 Å². The molecular weight excluding hydrogens is 152 g/mol. The van der Waals surface area contributed by atoms with Crippen LogP contribution in [0, 0.1) is 0 Å². The number of esters is 1. The molecule has 0 aromatic rings. The highest BCUT2D eigenvalue weighted by atomic mass is 16.5. The van der Waals surface area contributed by atoms with Gasteiger partial charge in [-0.3, -0.25) is 0 Å². The predicted molar refractivity (Wildman–Crippen MR) is 49.8 cm³/mol. The van der Waals surface area contributed by atoms with Gasteiger partial charge >= 0.3 is 5.97 Å². The van der Waals surface area contributed by atoms with E-state index in [9.17, 15) is 4.79 Å². The molecule has 0 spiro atoms. The van der Waals surface area contributed by atoms with E-state index >= 15 is 0 Å². The molecule has 2 nitrogen and oxygen atoms in total. The molecular formula is C10H16O2. The molecule has 12 heavy (non-hydrogen) atoms. The third-order valence-electron chi connectivity index (χ3n) is 1.28. The third kappa shape index (κ3) is 3.96. The lowest BCUT2D eigenvalue weighted by molar-refractivity contribution is -0.138. The lowest BCUT2D eigenvalue weighted by Gasteiger charge is -2.01. The summed E-state index contributed by atoms with van der Waals surface area (Å²) in [7, 11) is 0. The summed E-state index contributed by atoms with van der Waals surface area (Å²) < 4.78 is 4.85. The molecule has 0 N–H and O–H groups in total. The summed E-state index contributed by atoms with van der Waals surface area (Å²) in [4.78, 5) is 11.2. The minimum atomic E-state index is -0.238. The smallest absolute Gasteiger partial charge is 0.337 e. The van der Waals surface area contributed by atoms with Gasteiger partial charge in [-0.05, 0) is 20.3 Å². The molecule has 0 aromatic carbocycles. The molecule has 0 bridgehead atoms. The standard InChI is InChI=1S/C10H16O2/c1-4-7-9(8-5-2)10(11)12-6-3/h4,7-8H,5-6H2,1-3H3/b7-4+,9-8-. The van der Waals surface area contributed by atoms with Gasteiger partial charge in [-0.2, -0.15) is 0 Å². The van der Waals surface area contributed by atoms with Gasteiger partial charge < -0.3 is 4.74 Å². The Kier molecular flexibility index (Phi) is 6.07. The molecule has 0 saturated heterocycles. The third-order valence-corrected chi connectivity index (χ3v) is 1.28. The van der Waals surface area contributed by atoms with E-state index < -0.39 is 0 Å². The van der Waals surface area contributed by atoms with Crippen LogP contribution in [0.4, 0.5) is 0 Å². The van der Waals surface area contributed by atoms with E-state index in [1.54, 1.807) is 13.0 Å². The van der Waals surface area contributed by atoms with Gasteiger partial charge in [-0.25, -0.2) is 4.79 Å². The number of carbonyl (C=O) groups excluding carboxylic acids is 1. The summed E-state index contributed by atoms with van der Waals surface area (Å²) >= 11 is 0. The van der Waals surface area contributed by atoms with Crippen LogP contribution in [0.3, 0.4) is 0 Å². The fourth-order valence-corrected chi connectivity index (χ4v) is 0.833. The highest BCUT2D eigenvalue weighted by molar-refractivity contribution is 5.91. The molecule has 68 valence electrons. The molecule has 0 saturated carbocycles. The van der Waals surface area contributed by atoms with E-state index in [2.05, 4.69) is 0 Å². The van der Waals surface area contributed by atoms with E-state index in [1.165, 1.54) is 0 Å². The predicted octanol–water partition coefficient (Wildman–Crippen LogP) is 2.46. The van der Waals surface area contributed by atoms with Crippen molar-refractivity contribution in [2.24, 2.45) is 0 Å². The quantitative estimate of drug-likeness (QED) is 0.366. The molecule has 0 aliphatic rings. The van der Waals surface area contributed by atoms with Crippen LogP contribution in [0.25, 0.3) is 0 Å².